The predicted octanol–water partition coefficient (Wildman–Crippen LogP) is 5.20. The third-order valence-corrected chi connectivity index (χ3v) is 9.45. The van der Waals surface area contributed by atoms with Crippen molar-refractivity contribution in [2.75, 3.05) is 18.0 Å². The molecule has 3 aromatic carbocycles. The Morgan fingerprint density at radius 2 is 1.62 bits per heavy atom. The van der Waals surface area contributed by atoms with E-state index in [0.717, 1.165) is 42.0 Å². The van der Waals surface area contributed by atoms with E-state index in [1.165, 1.54) is 42.3 Å². The van der Waals surface area contributed by atoms with E-state index in [-0.39, 0.29) is 34.6 Å². The van der Waals surface area contributed by atoms with Crippen molar-refractivity contribution in [1.82, 2.24) is 10.2 Å². The lowest BCUT2D eigenvalue weighted by Crippen LogP contribution is -2.53. The third kappa shape index (κ3) is 7.47. The Kier molecular flexibility index (Phi) is 10.2. The van der Waals surface area contributed by atoms with Gasteiger partial charge in [0.15, 0.2) is 0 Å². The second-order valence-corrected chi connectivity index (χ2v) is 12.5. The van der Waals surface area contributed by atoms with E-state index in [0.29, 0.717) is 5.75 Å². The Bertz CT molecular complexity index is 1470. The summed E-state index contributed by atoms with van der Waals surface area (Å²) in [5, 5.41) is 3.04. The molecule has 0 spiro atoms. The van der Waals surface area contributed by atoms with Gasteiger partial charge in [0.25, 0.3) is 10.0 Å². The molecule has 224 valence electrons. The molecular weight excluding hydrogens is 557 g/mol. The van der Waals surface area contributed by atoms with Gasteiger partial charge in [-0.15, -0.1) is 0 Å². The lowest BCUT2D eigenvalue weighted by atomic mass is 9.95. The molecule has 1 saturated carbocycles. The first-order valence-corrected chi connectivity index (χ1v) is 15.6. The summed E-state index contributed by atoms with van der Waals surface area (Å²) >= 11 is 0. The van der Waals surface area contributed by atoms with E-state index in [2.05, 4.69) is 5.32 Å². The summed E-state index contributed by atoms with van der Waals surface area (Å²) in [7, 11) is -2.73. The molecule has 1 aliphatic rings. The highest BCUT2D eigenvalue weighted by Gasteiger charge is 2.33. The van der Waals surface area contributed by atoms with E-state index < -0.39 is 34.3 Å². The molecule has 42 heavy (non-hydrogen) atoms. The van der Waals surface area contributed by atoms with Crippen LogP contribution in [0.15, 0.2) is 77.7 Å². The van der Waals surface area contributed by atoms with Crippen molar-refractivity contribution in [2.24, 2.45) is 0 Å². The number of sulfonamides is 1. The molecule has 0 saturated heterocycles. The maximum absolute atomic E-state index is 14.7. The molecule has 2 amide bonds. The number of aryl methyl sites for hydroxylation is 1. The molecule has 0 aromatic heterocycles. The average Bonchev–Trinajstić information content (AvgIpc) is 3.00. The Morgan fingerprint density at radius 1 is 0.976 bits per heavy atom. The number of anilines is 1. The zero-order valence-corrected chi connectivity index (χ0v) is 25.1. The van der Waals surface area contributed by atoms with E-state index in [1.807, 2.05) is 6.92 Å². The quantitative estimate of drug-likeness (QED) is 0.329. The van der Waals surface area contributed by atoms with E-state index in [4.69, 9.17) is 4.74 Å². The normalized spacial score (nSPS) is 14.6. The van der Waals surface area contributed by atoms with Gasteiger partial charge in [0, 0.05) is 18.2 Å². The van der Waals surface area contributed by atoms with Crippen LogP contribution in [0, 0.1) is 12.7 Å². The van der Waals surface area contributed by atoms with Crippen LogP contribution in [-0.4, -0.2) is 50.9 Å². The number of ether oxygens (including phenoxy) is 1. The average molecular weight is 596 g/mol. The molecule has 0 aliphatic heterocycles. The van der Waals surface area contributed by atoms with Gasteiger partial charge < -0.3 is 15.0 Å². The van der Waals surface area contributed by atoms with E-state index in [1.54, 1.807) is 49.4 Å². The Hall–Kier alpha value is -3.92. The zero-order valence-electron chi connectivity index (χ0n) is 24.3. The summed E-state index contributed by atoms with van der Waals surface area (Å²) in [5.41, 5.74) is 1.43. The largest absolute Gasteiger partial charge is 0.497 e. The van der Waals surface area contributed by atoms with Crippen molar-refractivity contribution in [1.29, 1.82) is 0 Å². The SMILES string of the molecule is COc1ccc(S(=O)(=O)N(CC(=O)N(Cc2ccccc2F)C(C)C(=O)NC2CCCCC2)c2ccc(C)cc2)cc1. The Morgan fingerprint density at radius 3 is 2.24 bits per heavy atom. The van der Waals surface area contributed by atoms with Crippen LogP contribution in [0.1, 0.15) is 50.2 Å². The maximum Gasteiger partial charge on any atom is 0.264 e. The highest BCUT2D eigenvalue weighted by Crippen LogP contribution is 2.27. The van der Waals surface area contributed by atoms with Crippen LogP contribution in [0.5, 0.6) is 5.75 Å². The van der Waals surface area contributed by atoms with Crippen LogP contribution in [0.2, 0.25) is 0 Å². The first kappa shape index (κ1) is 31.0. The number of carbonyl (C=O) groups is 2. The summed E-state index contributed by atoms with van der Waals surface area (Å²) in [4.78, 5) is 28.6. The molecule has 0 radical (unpaired) electrons. The molecule has 3 aromatic rings. The van der Waals surface area contributed by atoms with Crippen molar-refractivity contribution in [2.45, 2.75) is 69.5 Å². The third-order valence-electron chi connectivity index (χ3n) is 7.67. The molecule has 1 unspecified atom stereocenters. The summed E-state index contributed by atoms with van der Waals surface area (Å²) in [6.07, 6.45) is 4.89. The lowest BCUT2D eigenvalue weighted by molar-refractivity contribution is -0.139. The second-order valence-electron chi connectivity index (χ2n) is 10.7. The smallest absolute Gasteiger partial charge is 0.264 e. The van der Waals surface area contributed by atoms with Crippen LogP contribution < -0.4 is 14.4 Å². The number of nitrogens with zero attached hydrogens (tertiary/aromatic N) is 2. The highest BCUT2D eigenvalue weighted by atomic mass is 32.2. The van der Waals surface area contributed by atoms with Gasteiger partial charge in [-0.2, -0.15) is 0 Å². The molecule has 1 atom stereocenters. The monoisotopic (exact) mass is 595 g/mol. The predicted molar refractivity (Wildman–Crippen MR) is 160 cm³/mol. The van der Waals surface area contributed by atoms with Gasteiger partial charge >= 0.3 is 0 Å². The van der Waals surface area contributed by atoms with Gasteiger partial charge in [-0.1, -0.05) is 55.2 Å². The summed E-state index contributed by atoms with van der Waals surface area (Å²) in [6, 6.07) is 17.7. The lowest BCUT2D eigenvalue weighted by Gasteiger charge is -2.33. The van der Waals surface area contributed by atoms with Crippen molar-refractivity contribution in [3.63, 3.8) is 0 Å². The molecule has 1 N–H and O–H groups in total. The Balaban J connectivity index is 1.68. The zero-order chi connectivity index (χ0) is 30.3. The number of benzene rings is 3. The number of carbonyl (C=O) groups excluding carboxylic acids is 2. The summed E-state index contributed by atoms with van der Waals surface area (Å²) in [5.74, 6) is -1.02. The molecule has 0 heterocycles. The van der Waals surface area contributed by atoms with Crippen molar-refractivity contribution < 1.29 is 27.1 Å². The molecule has 0 bridgehead atoms. The van der Waals surface area contributed by atoms with Gasteiger partial charge in [0.2, 0.25) is 11.8 Å². The number of methoxy groups -OCH3 is 1. The molecule has 1 fully saturated rings. The molecule has 4 rings (SSSR count). The van der Waals surface area contributed by atoms with Crippen LogP contribution in [0.3, 0.4) is 0 Å². The summed E-state index contributed by atoms with van der Waals surface area (Å²) in [6.45, 7) is 2.67. The molecule has 8 nitrogen and oxygen atoms in total. The second kappa shape index (κ2) is 13.8. The van der Waals surface area contributed by atoms with Crippen molar-refractivity contribution in [3.05, 3.63) is 89.7 Å². The molecular formula is C32H38FN3O5S. The number of hydrogen-bond donors (Lipinski definition) is 1. The molecule has 10 heteroatoms. The Labute approximate surface area is 247 Å². The minimum Gasteiger partial charge on any atom is -0.497 e. The van der Waals surface area contributed by atoms with Crippen molar-refractivity contribution in [3.8, 4) is 5.75 Å². The fourth-order valence-electron chi connectivity index (χ4n) is 5.08. The topological polar surface area (TPSA) is 96.0 Å². The van der Waals surface area contributed by atoms with Gasteiger partial charge in [-0.25, -0.2) is 12.8 Å². The fourth-order valence-corrected chi connectivity index (χ4v) is 6.49. The van der Waals surface area contributed by atoms with Crippen LogP contribution in [0.4, 0.5) is 10.1 Å². The first-order chi connectivity index (χ1) is 20.1. The van der Waals surface area contributed by atoms with Gasteiger partial charge in [0.1, 0.15) is 24.2 Å². The van der Waals surface area contributed by atoms with E-state index in [9.17, 15) is 22.4 Å². The van der Waals surface area contributed by atoms with E-state index >= 15 is 0 Å². The maximum atomic E-state index is 14.7. The molecule has 1 aliphatic carbocycles. The summed E-state index contributed by atoms with van der Waals surface area (Å²) < 4.78 is 48.8. The van der Waals surface area contributed by atoms with Crippen LogP contribution in [0.25, 0.3) is 0 Å². The van der Waals surface area contributed by atoms with Gasteiger partial charge in [0.05, 0.1) is 17.7 Å². The van der Waals surface area contributed by atoms with Crippen LogP contribution in [-0.2, 0) is 26.2 Å². The van der Waals surface area contributed by atoms with Crippen LogP contribution >= 0.6 is 0 Å². The number of halogens is 1. The number of hydrogen-bond acceptors (Lipinski definition) is 5. The van der Waals surface area contributed by atoms with Crippen molar-refractivity contribution >= 4 is 27.5 Å². The number of rotatable bonds is 11. The first-order valence-electron chi connectivity index (χ1n) is 14.2. The number of nitrogens with one attached hydrogen (secondary N) is 1. The number of amides is 2. The fraction of sp³-hybridized carbons (Fsp3) is 0.375. The minimum absolute atomic E-state index is 0.0126. The van der Waals surface area contributed by atoms with Gasteiger partial charge in [-0.05, 0) is 69.2 Å². The highest BCUT2D eigenvalue weighted by molar-refractivity contribution is 7.92. The minimum atomic E-state index is -4.21. The standard InChI is InChI=1S/C32H38FN3O5S/c1-23-13-15-27(16-14-23)36(42(39,40)29-19-17-28(41-3)18-20-29)22-31(37)35(21-25-9-7-8-12-30(25)33)24(2)32(38)34-26-10-5-4-6-11-26/h7-9,12-20,24,26H,4-6,10-11,21-22H2,1-3H3,(H,34,38). The van der Waals surface area contributed by atoms with Gasteiger partial charge in [-0.3, -0.25) is 13.9 Å².